The lowest BCUT2D eigenvalue weighted by atomic mass is 10.2. The van der Waals surface area contributed by atoms with Gasteiger partial charge in [0, 0.05) is 11.6 Å². The van der Waals surface area contributed by atoms with Crippen molar-refractivity contribution in [3.63, 3.8) is 0 Å². The SMILES string of the molecule is Cc1cc(OCCn2cc(C(=O)O)nn2)ccc1[N+](=O)[O-]. The third kappa shape index (κ3) is 3.53. The number of carboxylic acids is 1. The highest BCUT2D eigenvalue weighted by atomic mass is 16.6. The molecule has 0 amide bonds. The standard InChI is InChI=1S/C12H12N4O5/c1-8-6-9(2-3-11(8)16(19)20)21-5-4-15-7-10(12(17)18)13-14-15/h2-3,6-7H,4-5H2,1H3,(H,17,18). The molecule has 0 radical (unpaired) electrons. The molecule has 0 unspecified atom stereocenters. The highest BCUT2D eigenvalue weighted by molar-refractivity contribution is 5.84. The molecule has 0 fully saturated rings. The van der Waals surface area contributed by atoms with Crippen molar-refractivity contribution in [2.75, 3.05) is 6.61 Å². The molecule has 0 atom stereocenters. The van der Waals surface area contributed by atoms with Gasteiger partial charge in [0.2, 0.25) is 0 Å². The third-order valence-electron chi connectivity index (χ3n) is 2.71. The summed E-state index contributed by atoms with van der Waals surface area (Å²) >= 11 is 0. The average molecular weight is 292 g/mol. The second-order valence-electron chi connectivity index (χ2n) is 4.23. The van der Waals surface area contributed by atoms with Crippen LogP contribution in [0.4, 0.5) is 5.69 Å². The first-order chi connectivity index (χ1) is 9.97. The van der Waals surface area contributed by atoms with E-state index in [9.17, 15) is 14.9 Å². The number of carboxylic acid groups (broad SMARTS) is 1. The van der Waals surface area contributed by atoms with E-state index in [1.54, 1.807) is 13.0 Å². The minimum atomic E-state index is -1.15. The minimum Gasteiger partial charge on any atom is -0.492 e. The van der Waals surface area contributed by atoms with Gasteiger partial charge in [0.05, 0.1) is 17.7 Å². The van der Waals surface area contributed by atoms with Gasteiger partial charge in [0.15, 0.2) is 5.69 Å². The van der Waals surface area contributed by atoms with Gasteiger partial charge in [-0.05, 0) is 19.1 Å². The number of aryl methyl sites for hydroxylation is 1. The molecule has 2 aromatic rings. The van der Waals surface area contributed by atoms with Crippen molar-refractivity contribution < 1.29 is 19.6 Å². The van der Waals surface area contributed by atoms with E-state index in [0.29, 0.717) is 17.9 Å². The lowest BCUT2D eigenvalue weighted by Gasteiger charge is -2.06. The van der Waals surface area contributed by atoms with Crippen molar-refractivity contribution in [3.05, 3.63) is 45.8 Å². The number of benzene rings is 1. The first-order valence-corrected chi connectivity index (χ1v) is 5.98. The molecule has 1 aromatic heterocycles. The van der Waals surface area contributed by atoms with Crippen molar-refractivity contribution in [1.29, 1.82) is 0 Å². The fraction of sp³-hybridized carbons (Fsp3) is 0.250. The molecule has 1 heterocycles. The highest BCUT2D eigenvalue weighted by Crippen LogP contribution is 2.22. The lowest BCUT2D eigenvalue weighted by Crippen LogP contribution is -2.09. The van der Waals surface area contributed by atoms with Crippen LogP contribution in [0.2, 0.25) is 0 Å². The fourth-order valence-corrected chi connectivity index (χ4v) is 1.69. The zero-order valence-corrected chi connectivity index (χ0v) is 11.1. The molecule has 9 heteroatoms. The van der Waals surface area contributed by atoms with Gasteiger partial charge in [0.1, 0.15) is 12.4 Å². The quantitative estimate of drug-likeness (QED) is 0.628. The molecule has 1 aromatic carbocycles. The Bertz CT molecular complexity index is 682. The number of aromatic carboxylic acids is 1. The number of nitro benzene ring substituents is 1. The highest BCUT2D eigenvalue weighted by Gasteiger charge is 2.11. The molecule has 21 heavy (non-hydrogen) atoms. The van der Waals surface area contributed by atoms with E-state index in [0.717, 1.165) is 0 Å². The van der Waals surface area contributed by atoms with Crippen LogP contribution >= 0.6 is 0 Å². The van der Waals surface area contributed by atoms with Crippen LogP contribution < -0.4 is 4.74 Å². The molecular formula is C12H12N4O5. The van der Waals surface area contributed by atoms with Gasteiger partial charge in [0.25, 0.3) is 5.69 Å². The monoisotopic (exact) mass is 292 g/mol. The van der Waals surface area contributed by atoms with Crippen molar-refractivity contribution in [1.82, 2.24) is 15.0 Å². The maximum atomic E-state index is 10.7. The zero-order chi connectivity index (χ0) is 15.4. The minimum absolute atomic E-state index is 0.0322. The summed E-state index contributed by atoms with van der Waals surface area (Å²) in [5.41, 5.74) is 0.400. The largest absolute Gasteiger partial charge is 0.492 e. The van der Waals surface area contributed by atoms with Crippen molar-refractivity contribution in [2.24, 2.45) is 0 Å². The Morgan fingerprint density at radius 2 is 2.29 bits per heavy atom. The van der Waals surface area contributed by atoms with E-state index in [2.05, 4.69) is 10.3 Å². The van der Waals surface area contributed by atoms with Crippen LogP contribution in [-0.2, 0) is 6.54 Å². The second-order valence-corrected chi connectivity index (χ2v) is 4.23. The number of hydrogen-bond acceptors (Lipinski definition) is 6. The van der Waals surface area contributed by atoms with Gasteiger partial charge >= 0.3 is 5.97 Å². The van der Waals surface area contributed by atoms with Gasteiger partial charge in [-0.25, -0.2) is 9.48 Å². The van der Waals surface area contributed by atoms with E-state index in [1.165, 1.54) is 23.0 Å². The van der Waals surface area contributed by atoms with Gasteiger partial charge in [-0.3, -0.25) is 10.1 Å². The Balaban J connectivity index is 1.92. The number of nitro groups is 1. The molecule has 2 rings (SSSR count). The molecule has 1 N–H and O–H groups in total. The number of nitrogens with zero attached hydrogens (tertiary/aromatic N) is 4. The molecule has 0 aliphatic carbocycles. The van der Waals surface area contributed by atoms with E-state index in [-0.39, 0.29) is 18.0 Å². The molecular weight excluding hydrogens is 280 g/mol. The molecule has 0 aliphatic heterocycles. The van der Waals surface area contributed by atoms with Crippen molar-refractivity contribution in [3.8, 4) is 5.75 Å². The number of hydrogen-bond donors (Lipinski definition) is 1. The van der Waals surface area contributed by atoms with Crippen molar-refractivity contribution >= 4 is 11.7 Å². The Morgan fingerprint density at radius 3 is 2.86 bits per heavy atom. The first-order valence-electron chi connectivity index (χ1n) is 5.98. The van der Waals surface area contributed by atoms with Gasteiger partial charge < -0.3 is 9.84 Å². The van der Waals surface area contributed by atoms with Crippen LogP contribution in [0.5, 0.6) is 5.75 Å². The summed E-state index contributed by atoms with van der Waals surface area (Å²) in [7, 11) is 0. The van der Waals surface area contributed by atoms with Gasteiger partial charge in [-0.1, -0.05) is 5.21 Å². The first kappa shape index (κ1) is 14.4. The van der Waals surface area contributed by atoms with Crippen LogP contribution in [0.15, 0.2) is 24.4 Å². The number of carbonyl (C=O) groups is 1. The van der Waals surface area contributed by atoms with Gasteiger partial charge in [-0.2, -0.15) is 0 Å². The van der Waals surface area contributed by atoms with E-state index < -0.39 is 10.9 Å². The third-order valence-corrected chi connectivity index (χ3v) is 2.71. The lowest BCUT2D eigenvalue weighted by molar-refractivity contribution is -0.385. The van der Waals surface area contributed by atoms with Crippen LogP contribution in [-0.4, -0.2) is 37.6 Å². The summed E-state index contributed by atoms with van der Waals surface area (Å²) in [5.74, 6) is -0.648. The fourth-order valence-electron chi connectivity index (χ4n) is 1.69. The van der Waals surface area contributed by atoms with E-state index >= 15 is 0 Å². The maximum absolute atomic E-state index is 10.7. The van der Waals surface area contributed by atoms with Crippen LogP contribution in [0, 0.1) is 17.0 Å². The summed E-state index contributed by atoms with van der Waals surface area (Å²) in [6, 6.07) is 4.46. The van der Waals surface area contributed by atoms with Crippen LogP contribution in [0.1, 0.15) is 16.1 Å². The smallest absolute Gasteiger partial charge is 0.358 e. The van der Waals surface area contributed by atoms with Crippen LogP contribution in [0.25, 0.3) is 0 Å². The predicted octanol–water partition coefficient (Wildman–Crippen LogP) is 1.27. The Labute approximate surface area is 118 Å². The molecule has 0 bridgehead atoms. The molecule has 0 saturated carbocycles. The maximum Gasteiger partial charge on any atom is 0.358 e. The van der Waals surface area contributed by atoms with Gasteiger partial charge in [-0.15, -0.1) is 5.10 Å². The molecule has 0 aliphatic rings. The predicted molar refractivity (Wildman–Crippen MR) is 70.3 cm³/mol. The summed E-state index contributed by atoms with van der Waals surface area (Å²) in [5, 5.41) is 26.5. The molecule has 110 valence electrons. The topological polar surface area (TPSA) is 120 Å². The number of ether oxygens (including phenoxy) is 1. The number of aromatic nitrogens is 3. The van der Waals surface area contributed by atoms with Crippen molar-refractivity contribution in [2.45, 2.75) is 13.5 Å². The van der Waals surface area contributed by atoms with Crippen LogP contribution in [0.3, 0.4) is 0 Å². The summed E-state index contributed by atoms with van der Waals surface area (Å²) in [6.07, 6.45) is 1.30. The average Bonchev–Trinajstić information content (AvgIpc) is 2.87. The van der Waals surface area contributed by atoms with E-state index in [1.807, 2.05) is 0 Å². The normalized spacial score (nSPS) is 10.3. The number of rotatable bonds is 6. The second kappa shape index (κ2) is 5.99. The van der Waals surface area contributed by atoms with E-state index in [4.69, 9.17) is 9.84 Å². The molecule has 0 spiro atoms. The zero-order valence-electron chi connectivity index (χ0n) is 11.1. The Kier molecular flexibility index (Phi) is 4.12. The summed E-state index contributed by atoms with van der Waals surface area (Å²) < 4.78 is 6.79. The Morgan fingerprint density at radius 1 is 1.52 bits per heavy atom. The molecule has 0 saturated heterocycles. The summed E-state index contributed by atoms with van der Waals surface area (Å²) in [4.78, 5) is 20.9. The Hall–Kier alpha value is -2.97. The molecule has 9 nitrogen and oxygen atoms in total. The summed E-state index contributed by atoms with van der Waals surface area (Å²) in [6.45, 7) is 2.18.